The van der Waals surface area contributed by atoms with Crippen molar-refractivity contribution in [3.8, 4) is 11.1 Å². The summed E-state index contributed by atoms with van der Waals surface area (Å²) >= 11 is 7.80. The van der Waals surface area contributed by atoms with E-state index in [-0.39, 0.29) is 17.4 Å². The fourth-order valence-electron chi connectivity index (χ4n) is 3.37. The molecule has 0 unspecified atom stereocenters. The quantitative estimate of drug-likeness (QED) is 0.343. The Bertz CT molecular complexity index is 1290. The number of fused-ring (bicyclic) bond motifs is 1. The average molecular weight is 463 g/mol. The molecule has 2 amide bonds. The number of amides is 2. The third-order valence-corrected chi connectivity index (χ3v) is 6.59. The van der Waals surface area contributed by atoms with Crippen LogP contribution < -0.4 is 10.6 Å². The number of anilines is 1. The van der Waals surface area contributed by atoms with Crippen LogP contribution in [0.3, 0.4) is 0 Å². The molecule has 0 aliphatic carbocycles. The van der Waals surface area contributed by atoms with Crippen LogP contribution in [-0.2, 0) is 0 Å². The van der Waals surface area contributed by atoms with E-state index >= 15 is 0 Å². The highest BCUT2D eigenvalue weighted by molar-refractivity contribution is 7.22. The Morgan fingerprint density at radius 1 is 0.812 bits per heavy atom. The van der Waals surface area contributed by atoms with Crippen molar-refractivity contribution in [1.82, 2.24) is 5.32 Å². The largest absolute Gasteiger partial charge is 0.347 e. The summed E-state index contributed by atoms with van der Waals surface area (Å²) in [7, 11) is 0. The normalized spacial score (nSPS) is 11.4. The van der Waals surface area contributed by atoms with Crippen LogP contribution in [0.2, 0.25) is 5.02 Å². The molecule has 0 saturated carbocycles. The van der Waals surface area contributed by atoms with E-state index in [4.69, 9.17) is 11.6 Å². The van der Waals surface area contributed by atoms with E-state index in [9.17, 15) is 9.59 Å². The molecule has 0 saturated heterocycles. The number of nitrogens with one attached hydrogen (secondary N) is 2. The van der Waals surface area contributed by atoms with Gasteiger partial charge in [0.25, 0.3) is 11.8 Å². The van der Waals surface area contributed by atoms with Gasteiger partial charge in [-0.15, -0.1) is 11.3 Å². The Kier molecular flexibility index (Phi) is 6.04. The molecule has 32 heavy (non-hydrogen) atoms. The van der Waals surface area contributed by atoms with Crippen molar-refractivity contribution in [2.45, 2.75) is 26.3 Å². The summed E-state index contributed by atoms with van der Waals surface area (Å²) in [5.74, 6) is -0.445. The summed E-state index contributed by atoms with van der Waals surface area (Å²) in [6, 6.07) is 23.0. The molecule has 3 aromatic carbocycles. The van der Waals surface area contributed by atoms with Crippen LogP contribution in [0.1, 0.15) is 40.8 Å². The Balaban J connectivity index is 1.59. The van der Waals surface area contributed by atoms with Gasteiger partial charge >= 0.3 is 0 Å². The molecule has 0 aliphatic rings. The summed E-state index contributed by atoms with van der Waals surface area (Å²) in [5.41, 5.74) is 2.94. The van der Waals surface area contributed by atoms with Gasteiger partial charge in [-0.1, -0.05) is 66.2 Å². The fourth-order valence-corrected chi connectivity index (χ4v) is 4.84. The van der Waals surface area contributed by atoms with Gasteiger partial charge in [-0.2, -0.15) is 0 Å². The number of benzene rings is 3. The van der Waals surface area contributed by atoms with Crippen LogP contribution in [0.5, 0.6) is 0 Å². The molecule has 4 rings (SSSR count). The third kappa shape index (κ3) is 4.69. The van der Waals surface area contributed by atoms with Crippen molar-refractivity contribution in [3.05, 3.63) is 88.3 Å². The van der Waals surface area contributed by atoms with Gasteiger partial charge in [-0.3, -0.25) is 9.59 Å². The van der Waals surface area contributed by atoms with Crippen LogP contribution >= 0.6 is 22.9 Å². The maximum atomic E-state index is 12.9. The first-order valence-electron chi connectivity index (χ1n) is 10.2. The second kappa shape index (κ2) is 8.77. The summed E-state index contributed by atoms with van der Waals surface area (Å²) in [5, 5.41) is 7.05. The monoisotopic (exact) mass is 462 g/mol. The number of carbonyl (C=O) groups is 2. The lowest BCUT2D eigenvalue weighted by Crippen LogP contribution is -2.40. The average Bonchev–Trinajstić information content (AvgIpc) is 3.11. The fraction of sp³-hybridized carbons (Fsp3) is 0.154. The van der Waals surface area contributed by atoms with Gasteiger partial charge in [0.05, 0.1) is 15.4 Å². The zero-order valence-corrected chi connectivity index (χ0v) is 19.6. The van der Waals surface area contributed by atoms with Gasteiger partial charge in [0.2, 0.25) is 0 Å². The lowest BCUT2D eigenvalue weighted by atomic mass is 10.0. The lowest BCUT2D eigenvalue weighted by molar-refractivity contribution is 0.0923. The van der Waals surface area contributed by atoms with Gasteiger partial charge < -0.3 is 10.6 Å². The molecule has 4 aromatic rings. The van der Waals surface area contributed by atoms with Gasteiger partial charge in [0.15, 0.2) is 0 Å². The highest BCUT2D eigenvalue weighted by Crippen LogP contribution is 2.39. The number of carbonyl (C=O) groups excluding carboxylic acids is 2. The predicted octanol–water partition coefficient (Wildman–Crippen LogP) is 7.00. The summed E-state index contributed by atoms with van der Waals surface area (Å²) in [6.07, 6.45) is 0. The number of hydrogen-bond acceptors (Lipinski definition) is 3. The first-order valence-corrected chi connectivity index (χ1v) is 11.4. The highest BCUT2D eigenvalue weighted by Gasteiger charge is 2.23. The highest BCUT2D eigenvalue weighted by atomic mass is 35.5. The molecule has 0 aliphatic heterocycles. The second-order valence-corrected chi connectivity index (χ2v) is 9.93. The van der Waals surface area contributed by atoms with Crippen molar-refractivity contribution in [2.24, 2.45) is 0 Å². The molecule has 2 N–H and O–H groups in total. The minimum Gasteiger partial charge on any atom is -0.347 e. The number of rotatable bonds is 4. The first-order chi connectivity index (χ1) is 15.2. The Morgan fingerprint density at radius 2 is 1.47 bits per heavy atom. The van der Waals surface area contributed by atoms with Crippen molar-refractivity contribution >= 4 is 50.5 Å². The van der Waals surface area contributed by atoms with Crippen LogP contribution in [0.4, 0.5) is 5.69 Å². The van der Waals surface area contributed by atoms with E-state index in [1.54, 1.807) is 12.1 Å². The van der Waals surface area contributed by atoms with Crippen molar-refractivity contribution in [3.63, 3.8) is 0 Å². The molecular formula is C26H23ClN2O2S. The molecule has 1 heterocycles. The van der Waals surface area contributed by atoms with Crippen LogP contribution in [0.15, 0.2) is 72.8 Å². The van der Waals surface area contributed by atoms with E-state index in [1.165, 1.54) is 11.3 Å². The van der Waals surface area contributed by atoms with E-state index in [0.29, 0.717) is 21.2 Å². The molecule has 0 radical (unpaired) electrons. The molecule has 162 valence electrons. The topological polar surface area (TPSA) is 58.2 Å². The zero-order chi connectivity index (χ0) is 22.9. The number of hydrogen-bond donors (Lipinski definition) is 2. The Hall–Kier alpha value is -3.15. The smallest absolute Gasteiger partial charge is 0.263 e. The zero-order valence-electron chi connectivity index (χ0n) is 18.0. The van der Waals surface area contributed by atoms with Crippen molar-refractivity contribution in [1.29, 1.82) is 0 Å². The van der Waals surface area contributed by atoms with Gasteiger partial charge in [-0.25, -0.2) is 0 Å². The van der Waals surface area contributed by atoms with Gasteiger partial charge in [0.1, 0.15) is 4.88 Å². The molecule has 0 bridgehead atoms. The van der Waals surface area contributed by atoms with Crippen LogP contribution in [-0.4, -0.2) is 17.4 Å². The minimum atomic E-state index is -0.375. The minimum absolute atomic E-state index is 0.220. The molecule has 4 nitrogen and oxygen atoms in total. The summed E-state index contributed by atoms with van der Waals surface area (Å²) in [6.45, 7) is 5.75. The van der Waals surface area contributed by atoms with Crippen LogP contribution in [0, 0.1) is 0 Å². The SMILES string of the molecule is CC(C)(C)NC(=O)c1sc2c(NC(=O)c3ccc(-c4ccccc4)cc3)cccc2c1Cl. The van der Waals surface area contributed by atoms with E-state index in [1.807, 2.05) is 81.4 Å². The molecule has 6 heteroatoms. The van der Waals surface area contributed by atoms with E-state index < -0.39 is 0 Å². The molecule has 0 fully saturated rings. The first kappa shape index (κ1) is 22.1. The summed E-state index contributed by atoms with van der Waals surface area (Å²) < 4.78 is 0.769. The molecule has 1 aromatic heterocycles. The van der Waals surface area contributed by atoms with Gasteiger partial charge in [0, 0.05) is 16.5 Å². The van der Waals surface area contributed by atoms with Gasteiger partial charge in [-0.05, 0) is 50.1 Å². The molecule has 0 spiro atoms. The molecule has 0 atom stereocenters. The number of halogens is 1. The van der Waals surface area contributed by atoms with Crippen molar-refractivity contribution < 1.29 is 9.59 Å². The van der Waals surface area contributed by atoms with E-state index in [2.05, 4.69) is 10.6 Å². The molecular weight excluding hydrogens is 440 g/mol. The second-order valence-electron chi connectivity index (χ2n) is 8.53. The number of thiophene rings is 1. The third-order valence-electron chi connectivity index (χ3n) is 4.85. The lowest BCUT2D eigenvalue weighted by Gasteiger charge is -2.19. The van der Waals surface area contributed by atoms with E-state index in [0.717, 1.165) is 21.2 Å². The van der Waals surface area contributed by atoms with Crippen molar-refractivity contribution in [2.75, 3.05) is 5.32 Å². The van der Waals surface area contributed by atoms with Crippen LogP contribution in [0.25, 0.3) is 21.2 Å². The predicted molar refractivity (Wildman–Crippen MR) is 134 cm³/mol. The maximum absolute atomic E-state index is 12.9. The Labute approximate surface area is 196 Å². The standard InChI is InChI=1S/C26H23ClN2O2S/c1-26(2,3)29-25(31)23-21(27)19-10-7-11-20(22(19)32-23)28-24(30)18-14-12-17(13-15-18)16-8-5-4-6-9-16/h4-15H,1-3H3,(H,28,30)(H,29,31). The summed E-state index contributed by atoms with van der Waals surface area (Å²) in [4.78, 5) is 26.0. The maximum Gasteiger partial charge on any atom is 0.263 e. The Morgan fingerprint density at radius 3 is 2.12 bits per heavy atom.